The summed E-state index contributed by atoms with van der Waals surface area (Å²) in [6.45, 7) is 6.75. The first-order valence-corrected chi connectivity index (χ1v) is 15.6. The number of para-hydroxylation sites is 2. The van der Waals surface area contributed by atoms with Crippen molar-refractivity contribution in [3.05, 3.63) is 52.0 Å². The van der Waals surface area contributed by atoms with Gasteiger partial charge in [0.05, 0.1) is 30.7 Å². The molecular formula is C32H46BrN3O4. The molecule has 2 aromatic carbocycles. The van der Waals surface area contributed by atoms with Crippen LogP contribution in [0, 0.1) is 0 Å². The number of nitrogens with zero attached hydrogens (tertiary/aromatic N) is 2. The highest BCUT2D eigenvalue weighted by Gasteiger charge is 2.22. The first-order valence-electron chi connectivity index (χ1n) is 14.8. The van der Waals surface area contributed by atoms with Crippen LogP contribution in [-0.4, -0.2) is 49.6 Å². The minimum atomic E-state index is -0.321. The van der Waals surface area contributed by atoms with Crippen LogP contribution >= 0.6 is 15.9 Å². The van der Waals surface area contributed by atoms with Gasteiger partial charge in [-0.05, 0) is 84.4 Å². The van der Waals surface area contributed by atoms with E-state index in [0.29, 0.717) is 42.6 Å². The summed E-state index contributed by atoms with van der Waals surface area (Å²) in [6.07, 6.45) is 10.3. The standard InChI is InChI=1S/C32H46BrN3O4/c1-4-30(37)36(28-17-11-12-18-29(28)39-3)19-13-6-7-14-20-40-32(38)24-21-25(31(34)27(33)22-24)23-35(5-2)26-15-9-8-10-16-26/h11-12,17-18,21-22,26H,4-10,13-16,19-20,23,34H2,1-3H3. The molecular weight excluding hydrogens is 570 g/mol. The molecule has 0 unspecified atom stereocenters. The van der Waals surface area contributed by atoms with Crippen LogP contribution in [0.1, 0.15) is 94.0 Å². The molecule has 40 heavy (non-hydrogen) atoms. The van der Waals surface area contributed by atoms with Crippen molar-refractivity contribution in [3.8, 4) is 5.75 Å². The molecule has 1 saturated carbocycles. The Labute approximate surface area is 248 Å². The van der Waals surface area contributed by atoms with Gasteiger partial charge in [0.15, 0.2) is 0 Å². The molecule has 1 aliphatic carbocycles. The molecule has 0 bridgehead atoms. The summed E-state index contributed by atoms with van der Waals surface area (Å²) in [5.74, 6) is 0.455. The van der Waals surface area contributed by atoms with Gasteiger partial charge in [0.2, 0.25) is 5.91 Å². The molecule has 8 heteroatoms. The van der Waals surface area contributed by atoms with Crippen molar-refractivity contribution < 1.29 is 19.1 Å². The minimum Gasteiger partial charge on any atom is -0.495 e. The van der Waals surface area contributed by atoms with Crippen molar-refractivity contribution in [1.29, 1.82) is 0 Å². The Morgan fingerprint density at radius 2 is 1.75 bits per heavy atom. The van der Waals surface area contributed by atoms with Crippen LogP contribution in [0.3, 0.4) is 0 Å². The number of nitrogens with two attached hydrogens (primary N) is 1. The van der Waals surface area contributed by atoms with Crippen molar-refractivity contribution in [3.63, 3.8) is 0 Å². The molecule has 0 spiro atoms. The van der Waals surface area contributed by atoms with Gasteiger partial charge in [-0.3, -0.25) is 9.69 Å². The second kappa shape index (κ2) is 16.6. The Balaban J connectivity index is 1.47. The van der Waals surface area contributed by atoms with E-state index >= 15 is 0 Å². The number of hydrogen-bond donors (Lipinski definition) is 1. The average molecular weight is 617 g/mol. The van der Waals surface area contributed by atoms with Crippen LogP contribution < -0.4 is 15.4 Å². The zero-order valence-electron chi connectivity index (χ0n) is 24.4. The van der Waals surface area contributed by atoms with Crippen molar-refractivity contribution in [2.45, 2.75) is 90.6 Å². The van der Waals surface area contributed by atoms with Crippen LogP contribution in [0.2, 0.25) is 0 Å². The third kappa shape index (κ3) is 8.96. The van der Waals surface area contributed by atoms with E-state index in [0.717, 1.165) is 54.5 Å². The SMILES string of the molecule is CCC(=O)N(CCCCCCOC(=O)c1cc(Br)c(N)c(CN(CC)C2CCCCC2)c1)c1ccccc1OC. The van der Waals surface area contributed by atoms with Gasteiger partial charge in [-0.1, -0.05) is 51.7 Å². The van der Waals surface area contributed by atoms with Crippen molar-refractivity contribution in [2.75, 3.05) is 37.4 Å². The fraction of sp³-hybridized carbons (Fsp3) is 0.562. The zero-order valence-corrected chi connectivity index (χ0v) is 26.0. The lowest BCUT2D eigenvalue weighted by Crippen LogP contribution is -2.36. The number of hydrogen-bond acceptors (Lipinski definition) is 6. The number of carbonyl (C=O) groups is 2. The Morgan fingerprint density at radius 3 is 2.45 bits per heavy atom. The maximum Gasteiger partial charge on any atom is 0.338 e. The van der Waals surface area contributed by atoms with E-state index in [2.05, 4.69) is 27.8 Å². The molecule has 0 heterocycles. The molecule has 3 rings (SSSR count). The number of anilines is 2. The lowest BCUT2D eigenvalue weighted by Gasteiger charge is -2.34. The van der Waals surface area contributed by atoms with E-state index in [4.69, 9.17) is 15.2 Å². The first-order chi connectivity index (χ1) is 19.4. The molecule has 0 aliphatic heterocycles. The molecule has 1 fully saturated rings. The number of benzene rings is 2. The number of nitrogen functional groups attached to an aromatic ring is 1. The molecule has 1 amide bonds. The number of esters is 1. The normalized spacial score (nSPS) is 13.8. The smallest absolute Gasteiger partial charge is 0.338 e. The van der Waals surface area contributed by atoms with Gasteiger partial charge >= 0.3 is 5.97 Å². The largest absolute Gasteiger partial charge is 0.495 e. The molecule has 2 N–H and O–H groups in total. The van der Waals surface area contributed by atoms with E-state index in [9.17, 15) is 9.59 Å². The lowest BCUT2D eigenvalue weighted by atomic mass is 9.93. The van der Waals surface area contributed by atoms with E-state index in [-0.39, 0.29) is 11.9 Å². The number of ether oxygens (including phenoxy) is 2. The van der Waals surface area contributed by atoms with Gasteiger partial charge < -0.3 is 20.1 Å². The summed E-state index contributed by atoms with van der Waals surface area (Å²) in [4.78, 5) is 29.7. The number of carbonyl (C=O) groups excluding carboxylic acids is 2. The van der Waals surface area contributed by atoms with E-state index in [1.54, 1.807) is 13.2 Å². The minimum absolute atomic E-state index is 0.0771. The van der Waals surface area contributed by atoms with Crippen molar-refractivity contribution in [2.24, 2.45) is 0 Å². The van der Waals surface area contributed by atoms with Gasteiger partial charge in [0.1, 0.15) is 5.75 Å². The monoisotopic (exact) mass is 615 g/mol. The van der Waals surface area contributed by atoms with Crippen LogP contribution in [-0.2, 0) is 16.1 Å². The summed E-state index contributed by atoms with van der Waals surface area (Å²) in [7, 11) is 1.62. The van der Waals surface area contributed by atoms with Gasteiger partial charge in [-0.25, -0.2) is 4.79 Å². The first kappa shape index (κ1) is 31.9. The molecule has 0 radical (unpaired) electrons. The summed E-state index contributed by atoms with van der Waals surface area (Å²) >= 11 is 3.55. The summed E-state index contributed by atoms with van der Waals surface area (Å²) in [6, 6.07) is 11.8. The van der Waals surface area contributed by atoms with E-state index in [1.165, 1.54) is 32.1 Å². The van der Waals surface area contributed by atoms with Gasteiger partial charge in [0, 0.05) is 30.0 Å². The number of rotatable bonds is 15. The molecule has 2 aromatic rings. The molecule has 0 aromatic heterocycles. The third-order valence-corrected chi connectivity index (χ3v) is 8.47. The number of unbranched alkanes of at least 4 members (excludes halogenated alkanes) is 3. The maximum atomic E-state index is 12.9. The molecule has 7 nitrogen and oxygen atoms in total. The summed E-state index contributed by atoms with van der Waals surface area (Å²) in [5.41, 5.74) is 9.39. The van der Waals surface area contributed by atoms with Crippen LogP contribution in [0.5, 0.6) is 5.75 Å². The number of methoxy groups -OCH3 is 1. The lowest BCUT2D eigenvalue weighted by molar-refractivity contribution is -0.118. The van der Waals surface area contributed by atoms with Gasteiger partial charge in [-0.15, -0.1) is 0 Å². The Bertz CT molecular complexity index is 1100. The Hall–Kier alpha value is -2.58. The molecule has 0 atom stereocenters. The fourth-order valence-electron chi connectivity index (χ4n) is 5.48. The predicted octanol–water partition coefficient (Wildman–Crippen LogP) is 7.35. The molecule has 220 valence electrons. The summed E-state index contributed by atoms with van der Waals surface area (Å²) in [5, 5.41) is 0. The predicted molar refractivity (Wildman–Crippen MR) is 166 cm³/mol. The van der Waals surface area contributed by atoms with Crippen LogP contribution in [0.25, 0.3) is 0 Å². The highest BCUT2D eigenvalue weighted by atomic mass is 79.9. The quantitative estimate of drug-likeness (QED) is 0.128. The third-order valence-electron chi connectivity index (χ3n) is 7.81. The Morgan fingerprint density at radius 1 is 1.02 bits per heavy atom. The van der Waals surface area contributed by atoms with Crippen LogP contribution in [0.4, 0.5) is 11.4 Å². The summed E-state index contributed by atoms with van der Waals surface area (Å²) < 4.78 is 11.8. The molecule has 0 saturated heterocycles. The van der Waals surface area contributed by atoms with E-state index in [1.807, 2.05) is 42.2 Å². The van der Waals surface area contributed by atoms with E-state index < -0.39 is 0 Å². The Kier molecular flexibility index (Phi) is 13.3. The van der Waals surface area contributed by atoms with Gasteiger partial charge in [-0.2, -0.15) is 0 Å². The number of halogens is 1. The highest BCUT2D eigenvalue weighted by Crippen LogP contribution is 2.31. The zero-order chi connectivity index (χ0) is 28.9. The van der Waals surface area contributed by atoms with Crippen molar-refractivity contribution in [1.82, 2.24) is 4.90 Å². The maximum absolute atomic E-state index is 12.9. The highest BCUT2D eigenvalue weighted by molar-refractivity contribution is 9.10. The second-order valence-corrected chi connectivity index (χ2v) is 11.4. The second-order valence-electron chi connectivity index (χ2n) is 10.5. The fourth-order valence-corrected chi connectivity index (χ4v) is 5.99. The topological polar surface area (TPSA) is 85.1 Å². The van der Waals surface area contributed by atoms with Gasteiger partial charge in [0.25, 0.3) is 0 Å². The van der Waals surface area contributed by atoms with Crippen molar-refractivity contribution >= 4 is 39.2 Å². The van der Waals surface area contributed by atoms with Crippen LogP contribution in [0.15, 0.2) is 40.9 Å². The average Bonchev–Trinajstić information content (AvgIpc) is 2.99. The number of amides is 1. The molecule has 1 aliphatic rings.